The Balaban J connectivity index is 1.89. The number of anilines is 1. The number of esters is 1. The minimum Gasteiger partial charge on any atom is -0.469 e. The SMILES string of the molecule is CCc1ccccc1N1CC(C(=O)NCCCC(=O)OC)CC1=O. The smallest absolute Gasteiger partial charge is 0.305 e. The van der Waals surface area contributed by atoms with Gasteiger partial charge in [-0.25, -0.2) is 0 Å². The minimum atomic E-state index is -0.347. The molecule has 2 rings (SSSR count). The van der Waals surface area contributed by atoms with Crippen LogP contribution in [-0.2, 0) is 25.5 Å². The Kier molecular flexibility index (Phi) is 6.35. The first-order valence-corrected chi connectivity index (χ1v) is 8.29. The molecule has 6 heteroatoms. The van der Waals surface area contributed by atoms with Gasteiger partial charge in [0, 0.05) is 31.6 Å². The predicted molar refractivity (Wildman–Crippen MR) is 90.5 cm³/mol. The van der Waals surface area contributed by atoms with Gasteiger partial charge in [-0.1, -0.05) is 25.1 Å². The number of para-hydroxylation sites is 1. The molecular weight excluding hydrogens is 308 g/mol. The number of methoxy groups -OCH3 is 1. The number of nitrogens with one attached hydrogen (secondary N) is 1. The summed E-state index contributed by atoms with van der Waals surface area (Å²) in [5.74, 6) is -0.793. The van der Waals surface area contributed by atoms with Crippen LogP contribution in [0.2, 0.25) is 0 Å². The largest absolute Gasteiger partial charge is 0.469 e. The molecule has 0 aromatic heterocycles. The number of rotatable bonds is 7. The van der Waals surface area contributed by atoms with Gasteiger partial charge >= 0.3 is 5.97 Å². The highest BCUT2D eigenvalue weighted by molar-refractivity contribution is 6.00. The third-order valence-corrected chi connectivity index (χ3v) is 4.24. The van der Waals surface area contributed by atoms with E-state index >= 15 is 0 Å². The maximum atomic E-state index is 12.3. The lowest BCUT2D eigenvalue weighted by Crippen LogP contribution is -2.33. The Hall–Kier alpha value is -2.37. The van der Waals surface area contributed by atoms with Crippen LogP contribution in [0.5, 0.6) is 0 Å². The third kappa shape index (κ3) is 4.34. The highest BCUT2D eigenvalue weighted by Crippen LogP contribution is 2.28. The molecule has 1 aliphatic heterocycles. The van der Waals surface area contributed by atoms with E-state index in [0.29, 0.717) is 19.5 Å². The Morgan fingerprint density at radius 2 is 2.08 bits per heavy atom. The van der Waals surface area contributed by atoms with E-state index < -0.39 is 0 Å². The number of nitrogens with zero attached hydrogens (tertiary/aromatic N) is 1. The van der Waals surface area contributed by atoms with Crippen molar-refractivity contribution in [1.29, 1.82) is 0 Å². The number of aryl methyl sites for hydroxylation is 1. The quantitative estimate of drug-likeness (QED) is 0.609. The number of hydrogen-bond donors (Lipinski definition) is 1. The van der Waals surface area contributed by atoms with Crippen LogP contribution < -0.4 is 10.2 Å². The number of carbonyl (C=O) groups is 3. The molecule has 0 bridgehead atoms. The molecule has 24 heavy (non-hydrogen) atoms. The lowest BCUT2D eigenvalue weighted by atomic mass is 10.1. The van der Waals surface area contributed by atoms with Crippen molar-refractivity contribution in [2.45, 2.75) is 32.6 Å². The molecule has 1 fully saturated rings. The van der Waals surface area contributed by atoms with Crippen molar-refractivity contribution >= 4 is 23.5 Å². The van der Waals surface area contributed by atoms with E-state index in [4.69, 9.17) is 0 Å². The number of hydrogen-bond acceptors (Lipinski definition) is 4. The van der Waals surface area contributed by atoms with Gasteiger partial charge in [-0.15, -0.1) is 0 Å². The van der Waals surface area contributed by atoms with E-state index in [0.717, 1.165) is 17.7 Å². The molecule has 0 aliphatic carbocycles. The van der Waals surface area contributed by atoms with Crippen LogP contribution in [-0.4, -0.2) is 38.0 Å². The lowest BCUT2D eigenvalue weighted by Gasteiger charge is -2.20. The zero-order valence-electron chi connectivity index (χ0n) is 14.2. The molecule has 1 aliphatic rings. The molecule has 0 saturated carbocycles. The summed E-state index contributed by atoms with van der Waals surface area (Å²) in [5.41, 5.74) is 2.00. The first kappa shape index (κ1) is 18.0. The van der Waals surface area contributed by atoms with Crippen molar-refractivity contribution in [3.05, 3.63) is 29.8 Å². The van der Waals surface area contributed by atoms with Crippen LogP contribution in [0.1, 0.15) is 31.7 Å². The van der Waals surface area contributed by atoms with Crippen LogP contribution in [0.4, 0.5) is 5.69 Å². The van der Waals surface area contributed by atoms with Gasteiger partial charge in [-0.05, 0) is 24.5 Å². The van der Waals surface area contributed by atoms with Crippen LogP contribution in [0.3, 0.4) is 0 Å². The van der Waals surface area contributed by atoms with Crippen molar-refractivity contribution < 1.29 is 19.1 Å². The predicted octanol–water partition coefficient (Wildman–Crippen LogP) is 1.67. The van der Waals surface area contributed by atoms with E-state index in [2.05, 4.69) is 10.1 Å². The van der Waals surface area contributed by atoms with E-state index in [1.54, 1.807) is 4.90 Å². The number of ether oxygens (including phenoxy) is 1. The highest BCUT2D eigenvalue weighted by atomic mass is 16.5. The number of benzene rings is 1. The fraction of sp³-hybridized carbons (Fsp3) is 0.500. The maximum absolute atomic E-state index is 12.3. The van der Waals surface area contributed by atoms with Crippen molar-refractivity contribution in [3.8, 4) is 0 Å². The average molecular weight is 332 g/mol. The third-order valence-electron chi connectivity index (χ3n) is 4.24. The van der Waals surface area contributed by atoms with Gasteiger partial charge in [0.1, 0.15) is 0 Å². The number of amides is 2. The van der Waals surface area contributed by atoms with E-state index in [-0.39, 0.29) is 36.5 Å². The summed E-state index contributed by atoms with van der Waals surface area (Å²) in [6, 6.07) is 7.78. The summed E-state index contributed by atoms with van der Waals surface area (Å²) in [4.78, 5) is 37.3. The molecule has 0 radical (unpaired) electrons. The Bertz CT molecular complexity index is 615. The second-order valence-corrected chi connectivity index (χ2v) is 5.86. The van der Waals surface area contributed by atoms with Crippen molar-refractivity contribution in [2.24, 2.45) is 5.92 Å². The summed E-state index contributed by atoms with van der Waals surface area (Å²) in [6.45, 7) is 2.85. The van der Waals surface area contributed by atoms with Crippen LogP contribution >= 0.6 is 0 Å². The van der Waals surface area contributed by atoms with Gasteiger partial charge in [0.2, 0.25) is 11.8 Å². The zero-order valence-corrected chi connectivity index (χ0v) is 14.2. The number of carbonyl (C=O) groups excluding carboxylic acids is 3. The normalized spacial score (nSPS) is 17.0. The van der Waals surface area contributed by atoms with Gasteiger partial charge in [0.05, 0.1) is 13.0 Å². The molecular formula is C18H24N2O4. The van der Waals surface area contributed by atoms with E-state index in [9.17, 15) is 14.4 Å². The molecule has 1 unspecified atom stereocenters. The Morgan fingerprint density at radius 3 is 2.79 bits per heavy atom. The fourth-order valence-corrected chi connectivity index (χ4v) is 2.88. The van der Waals surface area contributed by atoms with Gasteiger partial charge in [-0.2, -0.15) is 0 Å². The lowest BCUT2D eigenvalue weighted by molar-refractivity contribution is -0.140. The summed E-state index contributed by atoms with van der Waals surface area (Å²) in [6.07, 6.45) is 1.86. The average Bonchev–Trinajstić information content (AvgIpc) is 2.99. The molecule has 1 aromatic rings. The van der Waals surface area contributed by atoms with Crippen molar-refractivity contribution in [3.63, 3.8) is 0 Å². The maximum Gasteiger partial charge on any atom is 0.305 e. The first-order valence-electron chi connectivity index (χ1n) is 8.29. The Labute approximate surface area is 142 Å². The molecule has 1 atom stereocenters. The van der Waals surface area contributed by atoms with Crippen molar-refractivity contribution in [2.75, 3.05) is 25.1 Å². The van der Waals surface area contributed by atoms with Gasteiger partial charge in [0.15, 0.2) is 0 Å². The standard InChI is InChI=1S/C18H24N2O4/c1-3-13-7-4-5-8-15(13)20-12-14(11-16(20)21)18(23)19-10-6-9-17(22)24-2/h4-5,7-8,14H,3,6,9-12H2,1-2H3,(H,19,23). The molecule has 0 spiro atoms. The van der Waals surface area contributed by atoms with E-state index in [1.165, 1.54) is 7.11 Å². The van der Waals surface area contributed by atoms with Gasteiger partial charge < -0.3 is 15.0 Å². The monoisotopic (exact) mass is 332 g/mol. The second kappa shape index (κ2) is 8.47. The summed E-state index contributed by atoms with van der Waals surface area (Å²) in [5, 5.41) is 2.80. The fourth-order valence-electron chi connectivity index (χ4n) is 2.88. The van der Waals surface area contributed by atoms with Gasteiger partial charge in [0.25, 0.3) is 0 Å². The topological polar surface area (TPSA) is 75.7 Å². The molecule has 1 saturated heterocycles. The van der Waals surface area contributed by atoms with Crippen molar-refractivity contribution in [1.82, 2.24) is 5.32 Å². The summed E-state index contributed by atoms with van der Waals surface area (Å²) in [7, 11) is 1.34. The highest BCUT2D eigenvalue weighted by Gasteiger charge is 2.35. The summed E-state index contributed by atoms with van der Waals surface area (Å²) >= 11 is 0. The molecule has 1 N–H and O–H groups in total. The van der Waals surface area contributed by atoms with Crippen LogP contribution in [0, 0.1) is 5.92 Å². The minimum absolute atomic E-state index is 0.0226. The summed E-state index contributed by atoms with van der Waals surface area (Å²) < 4.78 is 4.55. The van der Waals surface area contributed by atoms with E-state index in [1.807, 2.05) is 31.2 Å². The first-order chi connectivity index (χ1) is 11.6. The van der Waals surface area contributed by atoms with Crippen LogP contribution in [0.15, 0.2) is 24.3 Å². The molecule has 1 aromatic carbocycles. The van der Waals surface area contributed by atoms with Crippen LogP contribution in [0.25, 0.3) is 0 Å². The second-order valence-electron chi connectivity index (χ2n) is 5.86. The molecule has 1 heterocycles. The Morgan fingerprint density at radius 1 is 1.33 bits per heavy atom. The zero-order chi connectivity index (χ0) is 17.5. The molecule has 130 valence electrons. The molecule has 2 amide bonds. The van der Waals surface area contributed by atoms with Gasteiger partial charge in [-0.3, -0.25) is 14.4 Å². The molecule has 6 nitrogen and oxygen atoms in total.